The van der Waals surface area contributed by atoms with Crippen LogP contribution in [0.25, 0.3) is 60.8 Å². The molecule has 0 bridgehead atoms. The first kappa shape index (κ1) is 35.7. The van der Waals surface area contributed by atoms with Gasteiger partial charge in [-0.3, -0.25) is 0 Å². The van der Waals surface area contributed by atoms with E-state index in [1.165, 1.54) is 71.0 Å². The van der Waals surface area contributed by atoms with Crippen molar-refractivity contribution in [1.82, 2.24) is 4.98 Å². The minimum absolute atomic E-state index is 0.159. The van der Waals surface area contributed by atoms with Crippen LogP contribution in [-0.2, 0) is 0 Å². The smallest absolute Gasteiger partial charge is 0.0715 e. The maximum atomic E-state index is 5.22. The lowest BCUT2D eigenvalue weighted by Gasteiger charge is -2.20. The fourth-order valence-corrected chi connectivity index (χ4v) is 8.16. The van der Waals surface area contributed by atoms with Crippen LogP contribution in [-0.4, -0.2) is 4.98 Å². The van der Waals surface area contributed by atoms with Gasteiger partial charge in [-0.25, -0.2) is 4.98 Å². The number of fused-ring (bicyclic) bond motifs is 2. The predicted octanol–water partition coefficient (Wildman–Crippen LogP) is 13.0. The Bertz CT molecular complexity index is 2800. The average molecular weight is 710 g/mol. The highest BCUT2D eigenvalue weighted by atomic mass is 14.7. The van der Waals surface area contributed by atoms with Crippen LogP contribution in [0.15, 0.2) is 188 Å². The molecule has 0 saturated heterocycles. The summed E-state index contributed by atoms with van der Waals surface area (Å²) in [5, 5.41) is 7.53. The standard InChI is InChI=1S/C54H47N/c1-5-6-7-17-38(3)54(51-35-34-46(41-32-30-37(2)31-33-41)47-24-11-12-25-48(47)51)50-26-13-10-22-44(50)39(4)42-20-14-21-43(36-42)52-28-16-29-53(55-52)49-27-15-19-40-18-8-9-23-45(40)49/h5-30,32,34-36,38H,31,33H2,1-4H3/b6-5-,17-7-,44-39+,54-50+. The Balaban J connectivity index is 1.31. The lowest BCUT2D eigenvalue weighted by molar-refractivity contribution is 0.956. The van der Waals surface area contributed by atoms with Crippen LogP contribution in [0.2, 0.25) is 0 Å². The van der Waals surface area contributed by atoms with Gasteiger partial charge in [-0.15, -0.1) is 0 Å². The quantitative estimate of drug-likeness (QED) is 0.143. The molecule has 0 radical (unpaired) electrons. The van der Waals surface area contributed by atoms with Crippen LogP contribution in [0.1, 0.15) is 57.2 Å². The molecule has 1 aromatic heterocycles. The van der Waals surface area contributed by atoms with Crippen LogP contribution >= 0.6 is 0 Å². The fraction of sp³-hybridized carbons (Fsp3) is 0.130. The average Bonchev–Trinajstić information content (AvgIpc) is 3.24. The summed E-state index contributed by atoms with van der Waals surface area (Å²) >= 11 is 0. The molecule has 1 aliphatic carbocycles. The van der Waals surface area contributed by atoms with Crippen molar-refractivity contribution in [2.75, 3.05) is 0 Å². The molecule has 1 nitrogen and oxygen atoms in total. The van der Waals surface area contributed by atoms with Crippen molar-refractivity contribution in [3.8, 4) is 22.5 Å². The molecule has 6 aromatic carbocycles. The van der Waals surface area contributed by atoms with Crippen molar-refractivity contribution in [2.24, 2.45) is 5.92 Å². The Morgan fingerprint density at radius 2 is 1.33 bits per heavy atom. The summed E-state index contributed by atoms with van der Waals surface area (Å²) in [7, 11) is 0. The van der Waals surface area contributed by atoms with Crippen LogP contribution in [0.4, 0.5) is 0 Å². The van der Waals surface area contributed by atoms with Crippen LogP contribution in [0, 0.1) is 5.92 Å². The Morgan fingerprint density at radius 3 is 2.15 bits per heavy atom. The summed E-state index contributed by atoms with van der Waals surface area (Å²) in [6.07, 6.45) is 15.5. The van der Waals surface area contributed by atoms with Gasteiger partial charge in [-0.2, -0.15) is 0 Å². The van der Waals surface area contributed by atoms with Crippen molar-refractivity contribution in [3.05, 3.63) is 215 Å². The molecular formula is C54H47N. The molecule has 8 rings (SSSR count). The summed E-state index contributed by atoms with van der Waals surface area (Å²) < 4.78 is 0. The second-order valence-electron chi connectivity index (χ2n) is 14.7. The molecule has 1 atom stereocenters. The number of allylic oxidation sites excluding steroid dienone is 8. The summed E-state index contributed by atoms with van der Waals surface area (Å²) in [4.78, 5) is 5.22. The van der Waals surface area contributed by atoms with Gasteiger partial charge in [0.25, 0.3) is 0 Å². The van der Waals surface area contributed by atoms with Gasteiger partial charge in [0.1, 0.15) is 0 Å². The first-order valence-electron chi connectivity index (χ1n) is 19.5. The number of nitrogens with zero attached hydrogens (tertiary/aromatic N) is 1. The molecule has 1 heteroatoms. The van der Waals surface area contributed by atoms with E-state index in [0.29, 0.717) is 0 Å². The first-order valence-corrected chi connectivity index (χ1v) is 19.5. The highest BCUT2D eigenvalue weighted by molar-refractivity contribution is 6.01. The zero-order valence-corrected chi connectivity index (χ0v) is 32.3. The lowest BCUT2D eigenvalue weighted by Crippen LogP contribution is -2.30. The second kappa shape index (κ2) is 16.0. The number of hydrogen-bond acceptors (Lipinski definition) is 1. The third kappa shape index (κ3) is 7.31. The topological polar surface area (TPSA) is 12.9 Å². The summed E-state index contributed by atoms with van der Waals surface area (Å²) in [5.74, 6) is 0.159. The van der Waals surface area contributed by atoms with Gasteiger partial charge in [-0.1, -0.05) is 176 Å². The minimum atomic E-state index is 0.159. The summed E-state index contributed by atoms with van der Waals surface area (Å²) in [6, 6.07) is 52.9. The summed E-state index contributed by atoms with van der Waals surface area (Å²) in [6.45, 7) is 8.89. The van der Waals surface area contributed by atoms with Crippen LogP contribution in [0.5, 0.6) is 0 Å². The van der Waals surface area contributed by atoms with Crippen LogP contribution < -0.4 is 10.4 Å². The van der Waals surface area contributed by atoms with Gasteiger partial charge in [0.2, 0.25) is 0 Å². The molecule has 0 N–H and O–H groups in total. The van der Waals surface area contributed by atoms with E-state index in [2.05, 4.69) is 210 Å². The molecule has 268 valence electrons. The Morgan fingerprint density at radius 1 is 0.618 bits per heavy atom. The molecule has 0 spiro atoms. The van der Waals surface area contributed by atoms with Gasteiger partial charge in [0.15, 0.2) is 0 Å². The Labute approximate surface area is 325 Å². The molecule has 7 aromatic rings. The molecule has 1 heterocycles. The van der Waals surface area contributed by atoms with Crippen molar-refractivity contribution in [2.45, 2.75) is 40.5 Å². The van der Waals surface area contributed by atoms with Gasteiger partial charge in [0, 0.05) is 17.0 Å². The molecule has 0 fully saturated rings. The highest BCUT2D eigenvalue weighted by Crippen LogP contribution is 2.37. The fourth-order valence-electron chi connectivity index (χ4n) is 8.16. The normalized spacial score (nSPS) is 15.0. The van der Waals surface area contributed by atoms with E-state index in [1.807, 2.05) is 0 Å². The van der Waals surface area contributed by atoms with E-state index in [-0.39, 0.29) is 5.92 Å². The molecule has 0 saturated carbocycles. The molecule has 0 aliphatic heterocycles. The van der Waals surface area contributed by atoms with Crippen molar-refractivity contribution in [3.63, 3.8) is 0 Å². The third-order valence-electron chi connectivity index (χ3n) is 11.1. The van der Waals surface area contributed by atoms with E-state index in [4.69, 9.17) is 4.98 Å². The van der Waals surface area contributed by atoms with E-state index in [1.54, 1.807) is 0 Å². The van der Waals surface area contributed by atoms with E-state index >= 15 is 0 Å². The molecule has 1 unspecified atom stereocenters. The zero-order valence-electron chi connectivity index (χ0n) is 32.3. The molecule has 55 heavy (non-hydrogen) atoms. The third-order valence-corrected chi connectivity index (χ3v) is 11.1. The van der Waals surface area contributed by atoms with E-state index < -0.39 is 0 Å². The maximum Gasteiger partial charge on any atom is 0.0715 e. The number of rotatable bonds is 8. The number of hydrogen-bond donors (Lipinski definition) is 0. The number of pyridine rings is 1. The first-order chi connectivity index (χ1) is 27.0. The minimum Gasteiger partial charge on any atom is -0.248 e. The second-order valence-corrected chi connectivity index (χ2v) is 14.7. The largest absolute Gasteiger partial charge is 0.248 e. The Kier molecular flexibility index (Phi) is 10.4. The van der Waals surface area contributed by atoms with Crippen molar-refractivity contribution in [1.29, 1.82) is 0 Å². The zero-order chi connectivity index (χ0) is 37.7. The van der Waals surface area contributed by atoms with Crippen molar-refractivity contribution >= 4 is 38.3 Å². The molecular weight excluding hydrogens is 663 g/mol. The number of aromatic nitrogens is 1. The maximum absolute atomic E-state index is 5.22. The number of benzene rings is 6. The molecule has 0 amide bonds. The van der Waals surface area contributed by atoms with Gasteiger partial charge >= 0.3 is 0 Å². The highest BCUT2D eigenvalue weighted by Gasteiger charge is 2.18. The van der Waals surface area contributed by atoms with Gasteiger partial charge < -0.3 is 0 Å². The van der Waals surface area contributed by atoms with Gasteiger partial charge in [-0.05, 0) is 117 Å². The lowest BCUT2D eigenvalue weighted by atomic mass is 9.84. The predicted molar refractivity (Wildman–Crippen MR) is 237 cm³/mol. The monoisotopic (exact) mass is 709 g/mol. The van der Waals surface area contributed by atoms with Crippen molar-refractivity contribution < 1.29 is 0 Å². The van der Waals surface area contributed by atoms with Gasteiger partial charge in [0.05, 0.1) is 11.4 Å². The van der Waals surface area contributed by atoms with E-state index in [0.717, 1.165) is 35.4 Å². The van der Waals surface area contributed by atoms with E-state index in [9.17, 15) is 0 Å². The summed E-state index contributed by atoms with van der Waals surface area (Å²) in [5.41, 5.74) is 13.4. The Hall–Kier alpha value is -6.31. The van der Waals surface area contributed by atoms with Crippen LogP contribution in [0.3, 0.4) is 0 Å². The molecule has 1 aliphatic rings. The SMILES string of the molecule is C/C=C\C=C/C(C)/C(c1ccc(C2=CC=C(C)CC2)c2ccccc12)=c1/cccc/c1=C(/C)c1cccc(-c2cccc(-c3cccc4ccccc34)n2)c1.